The molecule has 0 aliphatic carbocycles. The first kappa shape index (κ1) is 21.1. The molecule has 7 nitrogen and oxygen atoms in total. The van der Waals surface area contributed by atoms with E-state index in [-0.39, 0.29) is 29.6 Å². The van der Waals surface area contributed by atoms with Crippen molar-refractivity contribution in [3.05, 3.63) is 23.8 Å². The van der Waals surface area contributed by atoms with Crippen LogP contribution in [0.4, 0.5) is 5.69 Å². The second kappa shape index (κ2) is 8.43. The number of anilines is 1. The minimum atomic E-state index is -0.465. The molecule has 3 rings (SSSR count). The molecule has 7 heteroatoms. The summed E-state index contributed by atoms with van der Waals surface area (Å²) in [6.07, 6.45) is 2.30. The van der Waals surface area contributed by atoms with E-state index in [1.165, 1.54) is 0 Å². The molecule has 0 bridgehead atoms. The van der Waals surface area contributed by atoms with Gasteiger partial charge in [-0.05, 0) is 46.1 Å². The summed E-state index contributed by atoms with van der Waals surface area (Å²) in [5.41, 5.74) is 1.33. The lowest BCUT2D eigenvalue weighted by atomic mass is 9.89. The zero-order valence-electron chi connectivity index (χ0n) is 17.6. The number of amides is 2. The second-order valence-corrected chi connectivity index (χ2v) is 8.72. The number of rotatable bonds is 4. The van der Waals surface area contributed by atoms with Crippen molar-refractivity contribution >= 4 is 23.5 Å². The fourth-order valence-corrected chi connectivity index (χ4v) is 3.93. The van der Waals surface area contributed by atoms with Crippen LogP contribution in [0.15, 0.2) is 18.2 Å². The molecule has 2 aliphatic heterocycles. The Kier molecular flexibility index (Phi) is 6.15. The monoisotopic (exact) mass is 402 g/mol. The standard InChI is InChI=1S/C22H30N2O5/c1-22(2,3)29-21(27)14-9-11-24(12-10-14)15-5-6-16(18(13-15)28-4)17-7-8-19(25)23-20(17)26/h5-6,13-14,17H,7-12H2,1-4H3,(H,23,25,26). The highest BCUT2D eigenvalue weighted by molar-refractivity contribution is 6.01. The number of benzene rings is 1. The van der Waals surface area contributed by atoms with Crippen molar-refractivity contribution in [1.82, 2.24) is 5.32 Å². The molecule has 2 aliphatic rings. The molecule has 0 saturated carbocycles. The van der Waals surface area contributed by atoms with Crippen LogP contribution in [0.25, 0.3) is 0 Å². The summed E-state index contributed by atoms with van der Waals surface area (Å²) in [6, 6.07) is 5.83. The highest BCUT2D eigenvalue weighted by Crippen LogP contribution is 2.36. The molecule has 1 unspecified atom stereocenters. The first-order valence-electron chi connectivity index (χ1n) is 10.2. The number of ether oxygens (including phenoxy) is 2. The Labute approximate surface area is 171 Å². The van der Waals surface area contributed by atoms with Crippen LogP contribution in [0, 0.1) is 5.92 Å². The number of piperidine rings is 2. The van der Waals surface area contributed by atoms with Crippen molar-refractivity contribution in [1.29, 1.82) is 0 Å². The molecule has 1 N–H and O–H groups in total. The van der Waals surface area contributed by atoms with E-state index in [0.717, 1.165) is 37.2 Å². The van der Waals surface area contributed by atoms with Gasteiger partial charge < -0.3 is 14.4 Å². The molecule has 2 amide bonds. The van der Waals surface area contributed by atoms with Gasteiger partial charge >= 0.3 is 5.97 Å². The first-order valence-corrected chi connectivity index (χ1v) is 10.2. The van der Waals surface area contributed by atoms with Gasteiger partial charge in [-0.3, -0.25) is 19.7 Å². The molecular weight excluding hydrogens is 372 g/mol. The molecule has 2 heterocycles. The Morgan fingerprint density at radius 1 is 1.14 bits per heavy atom. The lowest BCUT2D eigenvalue weighted by Gasteiger charge is -2.34. The molecular formula is C22H30N2O5. The van der Waals surface area contributed by atoms with Crippen LogP contribution in [0.1, 0.15) is 57.9 Å². The summed E-state index contributed by atoms with van der Waals surface area (Å²) >= 11 is 0. The van der Waals surface area contributed by atoms with Gasteiger partial charge in [0, 0.05) is 36.8 Å². The van der Waals surface area contributed by atoms with Crippen molar-refractivity contribution in [3.8, 4) is 5.75 Å². The van der Waals surface area contributed by atoms with Crippen molar-refractivity contribution in [3.63, 3.8) is 0 Å². The third-order valence-electron chi connectivity index (χ3n) is 5.43. The lowest BCUT2D eigenvalue weighted by Crippen LogP contribution is -2.40. The van der Waals surface area contributed by atoms with Gasteiger partial charge in [0.15, 0.2) is 0 Å². The van der Waals surface area contributed by atoms with Crippen molar-refractivity contribution in [2.45, 2.75) is 58.0 Å². The predicted molar refractivity (Wildman–Crippen MR) is 109 cm³/mol. The summed E-state index contributed by atoms with van der Waals surface area (Å²) in [7, 11) is 1.59. The largest absolute Gasteiger partial charge is 0.496 e. The van der Waals surface area contributed by atoms with Crippen molar-refractivity contribution in [2.75, 3.05) is 25.1 Å². The number of imide groups is 1. The normalized spacial score (nSPS) is 21.0. The summed E-state index contributed by atoms with van der Waals surface area (Å²) in [5, 5.41) is 2.40. The van der Waals surface area contributed by atoms with E-state index >= 15 is 0 Å². The fourth-order valence-electron chi connectivity index (χ4n) is 3.93. The van der Waals surface area contributed by atoms with E-state index < -0.39 is 5.60 Å². The van der Waals surface area contributed by atoms with Gasteiger partial charge in [0.25, 0.3) is 0 Å². The molecule has 1 aromatic carbocycles. The highest BCUT2D eigenvalue weighted by Gasteiger charge is 2.32. The minimum Gasteiger partial charge on any atom is -0.496 e. The Morgan fingerprint density at radius 3 is 2.41 bits per heavy atom. The maximum atomic E-state index is 12.3. The first-order chi connectivity index (χ1) is 13.7. The Morgan fingerprint density at radius 2 is 1.83 bits per heavy atom. The molecule has 29 heavy (non-hydrogen) atoms. The quantitative estimate of drug-likeness (QED) is 0.616. The number of carbonyl (C=O) groups excluding carboxylic acids is 3. The molecule has 0 aromatic heterocycles. The lowest BCUT2D eigenvalue weighted by molar-refractivity contribution is -0.160. The number of hydrogen-bond donors (Lipinski definition) is 1. The molecule has 0 spiro atoms. The zero-order chi connectivity index (χ0) is 21.2. The van der Waals surface area contributed by atoms with Crippen LogP contribution in [0.3, 0.4) is 0 Å². The zero-order valence-corrected chi connectivity index (χ0v) is 17.6. The number of carbonyl (C=O) groups is 3. The van der Waals surface area contributed by atoms with Crippen LogP contribution in [-0.2, 0) is 19.1 Å². The van der Waals surface area contributed by atoms with E-state index in [0.29, 0.717) is 18.6 Å². The number of nitrogens with zero attached hydrogens (tertiary/aromatic N) is 1. The summed E-state index contributed by atoms with van der Waals surface area (Å²) in [4.78, 5) is 38.2. The SMILES string of the molecule is COc1cc(N2CCC(C(=O)OC(C)(C)C)CC2)ccc1C1CCC(=O)NC1=O. The molecule has 2 saturated heterocycles. The van der Waals surface area contributed by atoms with E-state index in [4.69, 9.17) is 9.47 Å². The molecule has 1 atom stereocenters. The minimum absolute atomic E-state index is 0.0740. The Balaban J connectivity index is 1.67. The van der Waals surface area contributed by atoms with Gasteiger partial charge in [0.1, 0.15) is 11.4 Å². The van der Waals surface area contributed by atoms with E-state index in [1.807, 2.05) is 39.0 Å². The number of esters is 1. The molecule has 1 aromatic rings. The van der Waals surface area contributed by atoms with E-state index in [9.17, 15) is 14.4 Å². The van der Waals surface area contributed by atoms with E-state index in [1.54, 1.807) is 7.11 Å². The van der Waals surface area contributed by atoms with Gasteiger partial charge in [-0.2, -0.15) is 0 Å². The third kappa shape index (κ3) is 5.08. The predicted octanol–water partition coefficient (Wildman–Crippen LogP) is 2.77. The summed E-state index contributed by atoms with van der Waals surface area (Å²) in [6.45, 7) is 7.17. The number of hydrogen-bond acceptors (Lipinski definition) is 6. The maximum absolute atomic E-state index is 12.3. The van der Waals surface area contributed by atoms with Crippen LogP contribution in [0.2, 0.25) is 0 Å². The fraction of sp³-hybridized carbons (Fsp3) is 0.591. The van der Waals surface area contributed by atoms with E-state index in [2.05, 4.69) is 10.2 Å². The number of methoxy groups -OCH3 is 1. The van der Waals surface area contributed by atoms with Gasteiger partial charge in [-0.1, -0.05) is 6.07 Å². The van der Waals surface area contributed by atoms with Crippen molar-refractivity contribution in [2.24, 2.45) is 5.92 Å². The van der Waals surface area contributed by atoms with Gasteiger partial charge in [-0.25, -0.2) is 0 Å². The van der Waals surface area contributed by atoms with Crippen LogP contribution >= 0.6 is 0 Å². The van der Waals surface area contributed by atoms with Gasteiger partial charge in [0.2, 0.25) is 11.8 Å². The van der Waals surface area contributed by atoms with Crippen molar-refractivity contribution < 1.29 is 23.9 Å². The topological polar surface area (TPSA) is 84.9 Å². The smallest absolute Gasteiger partial charge is 0.309 e. The average Bonchev–Trinajstić information content (AvgIpc) is 2.66. The maximum Gasteiger partial charge on any atom is 0.309 e. The van der Waals surface area contributed by atoms with Gasteiger partial charge in [-0.15, -0.1) is 0 Å². The Bertz CT molecular complexity index is 791. The summed E-state index contributed by atoms with van der Waals surface area (Å²) in [5.74, 6) is -0.431. The Hall–Kier alpha value is -2.57. The van der Waals surface area contributed by atoms with Gasteiger partial charge in [0.05, 0.1) is 18.9 Å². The average molecular weight is 402 g/mol. The number of nitrogens with one attached hydrogen (secondary N) is 1. The second-order valence-electron chi connectivity index (χ2n) is 8.72. The molecule has 2 fully saturated rings. The highest BCUT2D eigenvalue weighted by atomic mass is 16.6. The van der Waals surface area contributed by atoms with Crippen LogP contribution in [-0.4, -0.2) is 43.6 Å². The summed E-state index contributed by atoms with van der Waals surface area (Å²) < 4.78 is 11.1. The third-order valence-corrected chi connectivity index (χ3v) is 5.43. The van der Waals surface area contributed by atoms with Crippen LogP contribution in [0.5, 0.6) is 5.75 Å². The molecule has 0 radical (unpaired) electrons. The molecule has 158 valence electrons. The van der Waals surface area contributed by atoms with Crippen LogP contribution < -0.4 is 15.0 Å².